The van der Waals surface area contributed by atoms with E-state index in [0.29, 0.717) is 23.3 Å². The Morgan fingerprint density at radius 2 is 2.00 bits per heavy atom. The van der Waals surface area contributed by atoms with E-state index in [2.05, 4.69) is 0 Å². The summed E-state index contributed by atoms with van der Waals surface area (Å²) in [5, 5.41) is 8.82. The second kappa shape index (κ2) is 7.27. The largest absolute Gasteiger partial charge is 0.429 e. The van der Waals surface area contributed by atoms with Crippen LogP contribution in [0.25, 0.3) is 0 Å². The minimum absolute atomic E-state index is 0.0367. The van der Waals surface area contributed by atoms with Gasteiger partial charge in [0, 0.05) is 10.5 Å². The lowest BCUT2D eigenvalue weighted by Gasteiger charge is -2.03. The van der Waals surface area contributed by atoms with Crippen LogP contribution in [0.5, 0.6) is 5.75 Å². The van der Waals surface area contributed by atoms with Gasteiger partial charge in [-0.2, -0.15) is 5.26 Å². The fourth-order valence-corrected chi connectivity index (χ4v) is 2.46. The molecule has 104 valence electrons. The van der Waals surface area contributed by atoms with Crippen LogP contribution in [0.3, 0.4) is 0 Å². The van der Waals surface area contributed by atoms with Crippen molar-refractivity contribution in [1.82, 2.24) is 0 Å². The van der Waals surface area contributed by atoms with Gasteiger partial charge >= 0.3 is 0 Å². The molecule has 0 aliphatic carbocycles. The molecular formula is C16H11NO3S. The zero-order valence-electron chi connectivity index (χ0n) is 11.0. The van der Waals surface area contributed by atoms with Crippen LogP contribution in [0, 0.1) is 11.3 Å². The summed E-state index contributed by atoms with van der Waals surface area (Å²) in [7, 11) is 0. The van der Waals surface area contributed by atoms with E-state index in [4.69, 9.17) is 10.00 Å². The Labute approximate surface area is 126 Å². The van der Waals surface area contributed by atoms with Gasteiger partial charge in [0.25, 0.3) is 6.47 Å². The third-order valence-electron chi connectivity index (χ3n) is 2.69. The molecule has 0 aliphatic rings. The number of nitriles is 1. The van der Waals surface area contributed by atoms with Crippen molar-refractivity contribution in [1.29, 1.82) is 5.26 Å². The zero-order chi connectivity index (χ0) is 15.1. The average molecular weight is 297 g/mol. The van der Waals surface area contributed by atoms with Crippen molar-refractivity contribution in [2.24, 2.45) is 0 Å². The van der Waals surface area contributed by atoms with Gasteiger partial charge in [0.2, 0.25) is 0 Å². The van der Waals surface area contributed by atoms with E-state index in [1.807, 2.05) is 6.07 Å². The lowest BCUT2D eigenvalue weighted by atomic mass is 10.1. The van der Waals surface area contributed by atoms with E-state index >= 15 is 0 Å². The minimum atomic E-state index is -0.0367. The Morgan fingerprint density at radius 1 is 1.24 bits per heavy atom. The molecule has 0 heterocycles. The van der Waals surface area contributed by atoms with Crippen molar-refractivity contribution in [2.45, 2.75) is 4.90 Å². The third-order valence-corrected chi connectivity index (χ3v) is 3.70. The van der Waals surface area contributed by atoms with Crippen molar-refractivity contribution in [3.8, 4) is 11.8 Å². The Hall–Kier alpha value is -2.58. The first-order valence-electron chi connectivity index (χ1n) is 6.09. The maximum atomic E-state index is 12.1. The standard InChI is InChI=1S/C16H11NO3S/c17-9-12-2-1-3-13(8-12)16(19)10-21-15-6-4-14(5-7-15)20-11-18/h1-8,11H,10H2. The van der Waals surface area contributed by atoms with E-state index in [-0.39, 0.29) is 11.5 Å². The topological polar surface area (TPSA) is 67.2 Å². The van der Waals surface area contributed by atoms with Crippen LogP contribution in [0.2, 0.25) is 0 Å². The molecule has 0 unspecified atom stereocenters. The average Bonchev–Trinajstić information content (AvgIpc) is 2.54. The zero-order valence-corrected chi connectivity index (χ0v) is 11.8. The molecule has 5 heteroatoms. The molecule has 0 saturated heterocycles. The third kappa shape index (κ3) is 4.20. The smallest absolute Gasteiger partial charge is 0.298 e. The highest BCUT2D eigenvalue weighted by atomic mass is 32.2. The molecule has 0 aromatic heterocycles. The molecule has 0 amide bonds. The van der Waals surface area contributed by atoms with Crippen LogP contribution in [0.4, 0.5) is 0 Å². The van der Waals surface area contributed by atoms with E-state index in [9.17, 15) is 9.59 Å². The molecule has 2 aromatic rings. The molecule has 4 nitrogen and oxygen atoms in total. The molecule has 0 atom stereocenters. The van der Waals surface area contributed by atoms with Gasteiger partial charge in [0.05, 0.1) is 17.4 Å². The van der Waals surface area contributed by atoms with Crippen LogP contribution in [0.15, 0.2) is 53.4 Å². The summed E-state index contributed by atoms with van der Waals surface area (Å²) in [5.74, 6) is 0.704. The number of thioether (sulfide) groups is 1. The number of carbonyl (C=O) groups is 2. The Kier molecular flexibility index (Phi) is 5.13. The number of nitrogens with zero attached hydrogens (tertiary/aromatic N) is 1. The van der Waals surface area contributed by atoms with Gasteiger partial charge in [0.15, 0.2) is 5.78 Å². The van der Waals surface area contributed by atoms with Crippen molar-refractivity contribution >= 4 is 24.0 Å². The van der Waals surface area contributed by atoms with Crippen LogP contribution < -0.4 is 4.74 Å². The summed E-state index contributed by atoms with van der Waals surface area (Å²) < 4.78 is 4.69. The van der Waals surface area contributed by atoms with Gasteiger partial charge in [-0.3, -0.25) is 9.59 Å². The number of hydrogen-bond acceptors (Lipinski definition) is 5. The first-order chi connectivity index (χ1) is 10.2. The van der Waals surface area contributed by atoms with Gasteiger partial charge in [-0.1, -0.05) is 12.1 Å². The molecule has 2 rings (SSSR count). The van der Waals surface area contributed by atoms with Crippen molar-refractivity contribution in [3.63, 3.8) is 0 Å². The Morgan fingerprint density at radius 3 is 2.67 bits per heavy atom. The van der Waals surface area contributed by atoms with Crippen molar-refractivity contribution in [2.75, 3.05) is 5.75 Å². The monoisotopic (exact) mass is 297 g/mol. The number of benzene rings is 2. The number of ketones is 1. The lowest BCUT2D eigenvalue weighted by molar-refractivity contribution is -0.120. The summed E-state index contributed by atoms with van der Waals surface area (Å²) in [5.41, 5.74) is 1.00. The van der Waals surface area contributed by atoms with Gasteiger partial charge in [-0.25, -0.2) is 0 Å². The van der Waals surface area contributed by atoms with Gasteiger partial charge < -0.3 is 4.74 Å². The molecule has 0 fully saturated rings. The summed E-state index contributed by atoms with van der Waals surface area (Å²) in [6.07, 6.45) is 0. The van der Waals surface area contributed by atoms with Gasteiger partial charge in [-0.05, 0) is 36.4 Å². The number of Topliss-reactive ketones (excluding diaryl/α,β-unsaturated/α-hetero) is 1. The molecular weight excluding hydrogens is 286 g/mol. The predicted molar refractivity (Wildman–Crippen MR) is 79.3 cm³/mol. The van der Waals surface area contributed by atoms with E-state index in [1.54, 1.807) is 48.5 Å². The maximum Gasteiger partial charge on any atom is 0.298 e. The highest BCUT2D eigenvalue weighted by Crippen LogP contribution is 2.22. The number of ether oxygens (including phenoxy) is 1. The van der Waals surface area contributed by atoms with E-state index < -0.39 is 0 Å². The highest BCUT2D eigenvalue weighted by molar-refractivity contribution is 8.00. The van der Waals surface area contributed by atoms with E-state index in [0.717, 1.165) is 4.90 Å². The normalized spacial score (nSPS) is 9.67. The Bertz CT molecular complexity index is 689. The highest BCUT2D eigenvalue weighted by Gasteiger charge is 2.07. The second-order valence-corrected chi connectivity index (χ2v) is 5.14. The van der Waals surface area contributed by atoms with Crippen LogP contribution in [-0.2, 0) is 4.79 Å². The fourth-order valence-electron chi connectivity index (χ4n) is 1.66. The molecule has 0 aliphatic heterocycles. The van der Waals surface area contributed by atoms with Gasteiger partial charge in [-0.15, -0.1) is 11.8 Å². The summed E-state index contributed by atoms with van der Waals surface area (Å²) in [4.78, 5) is 23.1. The van der Waals surface area contributed by atoms with Crippen LogP contribution in [0.1, 0.15) is 15.9 Å². The predicted octanol–water partition coefficient (Wildman–Crippen LogP) is 3.07. The van der Waals surface area contributed by atoms with E-state index in [1.165, 1.54) is 11.8 Å². The second-order valence-electron chi connectivity index (χ2n) is 4.09. The molecule has 0 bridgehead atoms. The molecule has 2 aromatic carbocycles. The number of carbonyl (C=O) groups excluding carboxylic acids is 2. The summed E-state index contributed by atoms with van der Waals surface area (Å²) in [6.45, 7) is 0.369. The SMILES string of the molecule is N#Cc1cccc(C(=O)CSc2ccc(OC=O)cc2)c1. The number of hydrogen-bond donors (Lipinski definition) is 0. The molecule has 0 radical (unpaired) electrons. The molecule has 21 heavy (non-hydrogen) atoms. The molecule has 0 N–H and O–H groups in total. The molecule has 0 spiro atoms. The Balaban J connectivity index is 1.97. The maximum absolute atomic E-state index is 12.1. The van der Waals surface area contributed by atoms with Crippen LogP contribution in [-0.4, -0.2) is 18.0 Å². The van der Waals surface area contributed by atoms with Gasteiger partial charge in [0.1, 0.15) is 5.75 Å². The van der Waals surface area contributed by atoms with Crippen molar-refractivity contribution in [3.05, 3.63) is 59.7 Å². The van der Waals surface area contributed by atoms with Crippen molar-refractivity contribution < 1.29 is 14.3 Å². The first-order valence-corrected chi connectivity index (χ1v) is 7.08. The summed E-state index contributed by atoms with van der Waals surface area (Å²) >= 11 is 1.39. The quantitative estimate of drug-likeness (QED) is 0.465. The van der Waals surface area contributed by atoms with Crippen LogP contribution >= 0.6 is 11.8 Å². The first kappa shape index (κ1) is 14.8. The number of rotatable bonds is 6. The minimum Gasteiger partial charge on any atom is -0.429 e. The fraction of sp³-hybridized carbons (Fsp3) is 0.0625. The molecule has 0 saturated carbocycles. The lowest BCUT2D eigenvalue weighted by Crippen LogP contribution is -2.02. The summed E-state index contributed by atoms with van der Waals surface area (Å²) in [6, 6.07) is 15.5.